The zero-order valence-electron chi connectivity index (χ0n) is 24.2. The minimum atomic E-state index is -0.981. The van der Waals surface area contributed by atoms with Crippen molar-refractivity contribution in [1.29, 1.82) is 0 Å². The van der Waals surface area contributed by atoms with E-state index in [9.17, 15) is 15.0 Å². The summed E-state index contributed by atoms with van der Waals surface area (Å²) in [4.78, 5) is 16.3. The number of aliphatic hydroxyl groups excluding tert-OH is 1. The average molecular weight is 568 g/mol. The summed E-state index contributed by atoms with van der Waals surface area (Å²) >= 11 is 0. The Bertz CT molecular complexity index is 1250. The summed E-state index contributed by atoms with van der Waals surface area (Å²) in [5.74, 6) is 0.881. The number of fused-ring (bicyclic) bond motifs is 1. The number of benzene rings is 2. The number of aromatic carboxylic acids is 1. The van der Waals surface area contributed by atoms with Gasteiger partial charge in [-0.05, 0) is 80.3 Å². The van der Waals surface area contributed by atoms with Crippen molar-refractivity contribution in [3.05, 3.63) is 59.8 Å². The molecule has 224 valence electrons. The zero-order chi connectivity index (χ0) is 29.4. The Labute approximate surface area is 242 Å². The summed E-state index contributed by atoms with van der Waals surface area (Å²) in [5, 5.41) is 30.0. The first-order valence-electron chi connectivity index (χ1n) is 14.6. The molecule has 1 aliphatic carbocycles. The van der Waals surface area contributed by atoms with Crippen LogP contribution in [0, 0.1) is 5.92 Å². The lowest BCUT2D eigenvalue weighted by Gasteiger charge is -2.39. The van der Waals surface area contributed by atoms with Crippen LogP contribution in [0.5, 0.6) is 11.5 Å². The standard InChI is InChI=1S/C18H17NO4.C14H28N2O2/c1-22-13-7-5-12(6-8-13)9-10-23-17-4-2-3-15-14(17)11-16(19-15)18(20)21;1-11-10-16(8-4-13(11)17)9-7-14(18)5-2-12(15)3-6-14/h2-8,11,19H,9-10H2,1H3,(H,20,21);11-13,17-18H,2-10,15H2,1H3/t;11-,12?,13-,14?/m.0/s1. The van der Waals surface area contributed by atoms with Gasteiger partial charge in [-0.15, -0.1) is 0 Å². The van der Waals surface area contributed by atoms with Crippen molar-refractivity contribution in [2.75, 3.05) is 33.4 Å². The average Bonchev–Trinajstić information content (AvgIpc) is 3.42. The number of methoxy groups -OCH3 is 1. The molecule has 9 nitrogen and oxygen atoms in total. The van der Waals surface area contributed by atoms with E-state index in [0.717, 1.165) is 86.8 Å². The van der Waals surface area contributed by atoms with E-state index in [4.69, 9.17) is 20.3 Å². The maximum Gasteiger partial charge on any atom is 0.352 e. The number of piperidine rings is 1. The van der Waals surface area contributed by atoms with Crippen LogP contribution in [-0.4, -0.2) is 82.3 Å². The van der Waals surface area contributed by atoms with Crippen LogP contribution in [-0.2, 0) is 6.42 Å². The van der Waals surface area contributed by atoms with Gasteiger partial charge < -0.3 is 40.4 Å². The second-order valence-corrected chi connectivity index (χ2v) is 11.6. The van der Waals surface area contributed by atoms with Gasteiger partial charge in [0.2, 0.25) is 0 Å². The number of likely N-dealkylation sites (tertiary alicyclic amines) is 1. The fourth-order valence-electron chi connectivity index (χ4n) is 5.66. The molecule has 5 rings (SSSR count). The molecule has 0 bridgehead atoms. The number of rotatable bonds is 9. The first-order valence-corrected chi connectivity index (χ1v) is 14.6. The number of hydrogen-bond acceptors (Lipinski definition) is 7. The van der Waals surface area contributed by atoms with E-state index >= 15 is 0 Å². The lowest BCUT2D eigenvalue weighted by atomic mass is 9.80. The molecule has 1 saturated carbocycles. The topological polar surface area (TPSA) is 141 Å². The normalized spacial score (nSPS) is 24.9. The molecule has 2 aliphatic rings. The highest BCUT2D eigenvalue weighted by Crippen LogP contribution is 2.31. The number of nitrogens with one attached hydrogen (secondary N) is 1. The molecule has 1 saturated heterocycles. The van der Waals surface area contributed by atoms with E-state index in [-0.39, 0.29) is 17.8 Å². The molecule has 0 unspecified atom stereocenters. The molecule has 6 N–H and O–H groups in total. The smallest absolute Gasteiger partial charge is 0.352 e. The number of ether oxygens (including phenoxy) is 2. The zero-order valence-corrected chi connectivity index (χ0v) is 24.2. The number of aromatic nitrogens is 1. The fraction of sp³-hybridized carbons (Fsp3) is 0.531. The first-order chi connectivity index (χ1) is 19.7. The highest BCUT2D eigenvalue weighted by molar-refractivity contribution is 5.96. The number of aromatic amines is 1. The van der Waals surface area contributed by atoms with Gasteiger partial charge in [-0.3, -0.25) is 0 Å². The minimum Gasteiger partial charge on any atom is -0.497 e. The molecule has 1 aromatic heterocycles. The minimum absolute atomic E-state index is 0.142. The number of carbonyl (C=O) groups is 1. The molecule has 0 spiro atoms. The number of nitrogens with two attached hydrogens (primary N) is 1. The Balaban J connectivity index is 0.000000195. The molecule has 2 fully saturated rings. The molecule has 1 aliphatic heterocycles. The van der Waals surface area contributed by atoms with Crippen LogP contribution in [0.25, 0.3) is 10.9 Å². The van der Waals surface area contributed by atoms with Gasteiger partial charge in [-0.1, -0.05) is 25.1 Å². The Hall–Kier alpha value is -3.11. The molecule has 2 aromatic carbocycles. The SMILES string of the molecule is COc1ccc(CCOc2cccc3[nH]c(C(=O)O)cc23)cc1.C[C@H]1CN(CCC2(O)CCC(N)CC2)CC[C@@H]1O. The van der Waals surface area contributed by atoms with Crippen molar-refractivity contribution in [2.24, 2.45) is 11.7 Å². The largest absolute Gasteiger partial charge is 0.497 e. The molecule has 2 atom stereocenters. The second kappa shape index (κ2) is 14.2. The van der Waals surface area contributed by atoms with Crippen molar-refractivity contribution in [3.63, 3.8) is 0 Å². The van der Waals surface area contributed by atoms with Gasteiger partial charge in [0, 0.05) is 43.0 Å². The monoisotopic (exact) mass is 567 g/mol. The van der Waals surface area contributed by atoms with Crippen molar-refractivity contribution < 1.29 is 29.6 Å². The summed E-state index contributed by atoms with van der Waals surface area (Å²) in [6.45, 7) is 5.48. The number of carboxylic acids is 1. The molecule has 2 heterocycles. The van der Waals surface area contributed by atoms with E-state index in [1.807, 2.05) is 42.5 Å². The molecular formula is C32H45N3O6. The molecule has 41 heavy (non-hydrogen) atoms. The van der Waals surface area contributed by atoms with E-state index in [1.165, 1.54) is 0 Å². The van der Waals surface area contributed by atoms with Gasteiger partial charge in [-0.2, -0.15) is 0 Å². The molecule has 3 aromatic rings. The van der Waals surface area contributed by atoms with Gasteiger partial charge >= 0.3 is 5.97 Å². The maximum atomic E-state index is 11.1. The van der Waals surface area contributed by atoms with Gasteiger partial charge in [0.15, 0.2) is 0 Å². The summed E-state index contributed by atoms with van der Waals surface area (Å²) in [7, 11) is 1.64. The second-order valence-electron chi connectivity index (χ2n) is 11.6. The number of nitrogens with zero attached hydrogens (tertiary/aromatic N) is 1. The molecular weight excluding hydrogens is 522 g/mol. The highest BCUT2D eigenvalue weighted by Gasteiger charge is 2.33. The molecule has 0 radical (unpaired) electrons. The Morgan fingerprint density at radius 1 is 1.15 bits per heavy atom. The van der Waals surface area contributed by atoms with Crippen molar-refractivity contribution in [3.8, 4) is 11.5 Å². The Morgan fingerprint density at radius 2 is 1.88 bits per heavy atom. The van der Waals surface area contributed by atoms with Crippen molar-refractivity contribution >= 4 is 16.9 Å². The van der Waals surface area contributed by atoms with Gasteiger partial charge in [0.1, 0.15) is 17.2 Å². The third kappa shape index (κ3) is 8.69. The Morgan fingerprint density at radius 3 is 2.54 bits per heavy atom. The predicted octanol–water partition coefficient (Wildman–Crippen LogP) is 4.21. The third-order valence-electron chi connectivity index (χ3n) is 8.46. The van der Waals surface area contributed by atoms with E-state index < -0.39 is 11.6 Å². The van der Waals surface area contributed by atoms with Crippen LogP contribution in [0.15, 0.2) is 48.5 Å². The predicted molar refractivity (Wildman–Crippen MR) is 160 cm³/mol. The van der Waals surface area contributed by atoms with Gasteiger partial charge in [-0.25, -0.2) is 4.79 Å². The number of H-pyrrole nitrogens is 1. The van der Waals surface area contributed by atoms with Crippen LogP contribution in [0.3, 0.4) is 0 Å². The number of hydrogen-bond donors (Lipinski definition) is 5. The van der Waals surface area contributed by atoms with Crippen molar-refractivity contribution in [2.45, 2.75) is 69.6 Å². The van der Waals surface area contributed by atoms with Gasteiger partial charge in [0.05, 0.1) is 25.4 Å². The van der Waals surface area contributed by atoms with Crippen LogP contribution < -0.4 is 15.2 Å². The third-order valence-corrected chi connectivity index (χ3v) is 8.46. The van der Waals surface area contributed by atoms with E-state index in [2.05, 4.69) is 16.8 Å². The summed E-state index contributed by atoms with van der Waals surface area (Å²) in [6.07, 6.45) is 5.93. The summed E-state index contributed by atoms with van der Waals surface area (Å²) in [5.41, 5.74) is 7.45. The first kappa shape index (κ1) is 30.8. The lowest BCUT2D eigenvalue weighted by Crippen LogP contribution is -2.45. The van der Waals surface area contributed by atoms with E-state index in [1.54, 1.807) is 13.2 Å². The number of carboxylic acid groups (broad SMARTS) is 1. The summed E-state index contributed by atoms with van der Waals surface area (Å²) in [6, 6.07) is 15.2. The quantitative estimate of drug-likeness (QED) is 0.259. The van der Waals surface area contributed by atoms with Gasteiger partial charge in [0.25, 0.3) is 0 Å². The maximum absolute atomic E-state index is 11.1. The highest BCUT2D eigenvalue weighted by atomic mass is 16.5. The van der Waals surface area contributed by atoms with Crippen LogP contribution in [0.4, 0.5) is 0 Å². The summed E-state index contributed by atoms with van der Waals surface area (Å²) < 4.78 is 11.0. The Kier molecular flexibility index (Phi) is 10.7. The van der Waals surface area contributed by atoms with Crippen LogP contribution >= 0.6 is 0 Å². The molecule has 0 amide bonds. The van der Waals surface area contributed by atoms with Crippen LogP contribution in [0.1, 0.15) is 61.5 Å². The number of aliphatic hydroxyl groups is 2. The van der Waals surface area contributed by atoms with E-state index in [0.29, 0.717) is 18.3 Å². The molecule has 9 heteroatoms. The van der Waals surface area contributed by atoms with Crippen LogP contribution in [0.2, 0.25) is 0 Å². The fourth-order valence-corrected chi connectivity index (χ4v) is 5.66. The lowest BCUT2D eigenvalue weighted by molar-refractivity contribution is -0.0252. The van der Waals surface area contributed by atoms with Crippen molar-refractivity contribution in [1.82, 2.24) is 9.88 Å².